The van der Waals surface area contributed by atoms with Crippen molar-refractivity contribution in [2.75, 3.05) is 13.2 Å². The maximum atomic E-state index is 14.9. The summed E-state index contributed by atoms with van der Waals surface area (Å²) in [6.45, 7) is 4.47. The van der Waals surface area contributed by atoms with Gasteiger partial charge in [0.15, 0.2) is 6.29 Å². The lowest BCUT2D eigenvalue weighted by atomic mass is 9.80. The van der Waals surface area contributed by atoms with E-state index in [2.05, 4.69) is 6.58 Å². The molecule has 1 saturated carbocycles. The first-order valence-corrected chi connectivity index (χ1v) is 13.1. The van der Waals surface area contributed by atoms with E-state index in [0.717, 1.165) is 12.8 Å². The van der Waals surface area contributed by atoms with Crippen LogP contribution in [0.2, 0.25) is 0 Å². The molecule has 0 radical (unpaired) electrons. The Bertz CT molecular complexity index is 1100. The number of allylic oxidation sites excluding steroid dienone is 1. The van der Waals surface area contributed by atoms with Gasteiger partial charge in [-0.25, -0.2) is 8.78 Å². The van der Waals surface area contributed by atoms with Crippen molar-refractivity contribution in [1.29, 1.82) is 0 Å². The molecule has 1 aliphatic carbocycles. The van der Waals surface area contributed by atoms with Crippen LogP contribution in [0.5, 0.6) is 11.5 Å². The highest BCUT2D eigenvalue weighted by Crippen LogP contribution is 2.42. The average molecular weight is 577 g/mol. The Hall–Kier alpha value is -2.79. The molecule has 4 nitrogen and oxygen atoms in total. The summed E-state index contributed by atoms with van der Waals surface area (Å²) in [6, 6.07) is 6.22. The van der Waals surface area contributed by atoms with Crippen LogP contribution in [0.15, 0.2) is 49.1 Å². The molecule has 220 valence electrons. The van der Waals surface area contributed by atoms with Crippen LogP contribution < -0.4 is 9.47 Å². The molecular formula is C29H31F7O4. The summed E-state index contributed by atoms with van der Waals surface area (Å²) in [5.41, 5.74) is -2.14. The predicted octanol–water partition coefficient (Wildman–Crippen LogP) is 8.30. The standard InChI is InChI=1S/C29H31F7O4/c1-2-3-4-18-15-38-27(39-16-18)20-5-7-21(8-6-20)29(35,36)40-23-11-9-22(10-12-23)37-17-19-13-24(30)26(25(31)14-19)28(32,33)34/h2,9-14,18,20-21,27H,1,3-8,15-17H2. The van der Waals surface area contributed by atoms with Gasteiger partial charge in [-0.2, -0.15) is 22.0 Å². The quantitative estimate of drug-likeness (QED) is 0.211. The van der Waals surface area contributed by atoms with E-state index < -0.39 is 42.0 Å². The van der Waals surface area contributed by atoms with Crippen LogP contribution in [0, 0.1) is 29.4 Å². The van der Waals surface area contributed by atoms with Gasteiger partial charge in [0, 0.05) is 11.8 Å². The maximum Gasteiger partial charge on any atom is 0.422 e. The van der Waals surface area contributed by atoms with Crippen LogP contribution in [0.3, 0.4) is 0 Å². The zero-order chi connectivity index (χ0) is 28.9. The third-order valence-corrected chi connectivity index (χ3v) is 7.27. The van der Waals surface area contributed by atoms with Gasteiger partial charge >= 0.3 is 12.3 Å². The van der Waals surface area contributed by atoms with E-state index in [9.17, 15) is 30.7 Å². The molecule has 40 heavy (non-hydrogen) atoms. The lowest BCUT2D eigenvalue weighted by molar-refractivity contribution is -0.247. The molecule has 2 aromatic carbocycles. The van der Waals surface area contributed by atoms with Crippen molar-refractivity contribution < 1.29 is 49.7 Å². The Balaban J connectivity index is 1.24. The third kappa shape index (κ3) is 7.69. The van der Waals surface area contributed by atoms with E-state index in [1.165, 1.54) is 24.3 Å². The SMILES string of the molecule is C=CCCC1COC(C2CCC(C(F)(F)Oc3ccc(OCc4cc(F)c(C(F)(F)F)c(F)c4)cc3)CC2)OC1. The van der Waals surface area contributed by atoms with Crippen LogP contribution in [0.1, 0.15) is 49.7 Å². The first-order chi connectivity index (χ1) is 19.0. The van der Waals surface area contributed by atoms with Gasteiger partial charge in [0.2, 0.25) is 0 Å². The molecule has 0 spiro atoms. The molecule has 1 saturated heterocycles. The summed E-state index contributed by atoms with van der Waals surface area (Å²) in [4.78, 5) is 0. The van der Waals surface area contributed by atoms with Crippen molar-refractivity contribution in [2.24, 2.45) is 17.8 Å². The molecule has 1 heterocycles. The minimum absolute atomic E-state index is 0.0513. The molecular weight excluding hydrogens is 545 g/mol. The van der Waals surface area contributed by atoms with E-state index in [1.54, 1.807) is 0 Å². The second-order valence-corrected chi connectivity index (χ2v) is 10.2. The van der Waals surface area contributed by atoms with Crippen LogP contribution in [0.25, 0.3) is 0 Å². The largest absolute Gasteiger partial charge is 0.489 e. The first kappa shape index (κ1) is 30.2. The van der Waals surface area contributed by atoms with Crippen molar-refractivity contribution >= 4 is 0 Å². The molecule has 0 bridgehead atoms. The summed E-state index contributed by atoms with van der Waals surface area (Å²) in [5.74, 6) is -4.07. The molecule has 0 N–H and O–H groups in total. The molecule has 11 heteroatoms. The Morgan fingerprint density at radius 2 is 1.45 bits per heavy atom. The van der Waals surface area contributed by atoms with Gasteiger partial charge in [0.05, 0.1) is 19.1 Å². The van der Waals surface area contributed by atoms with Gasteiger partial charge in [-0.1, -0.05) is 6.08 Å². The number of hydrogen-bond donors (Lipinski definition) is 0. The molecule has 0 amide bonds. The number of alkyl halides is 5. The van der Waals surface area contributed by atoms with Crippen molar-refractivity contribution in [3.63, 3.8) is 0 Å². The lowest BCUT2D eigenvalue weighted by Crippen LogP contribution is -2.42. The van der Waals surface area contributed by atoms with Gasteiger partial charge in [-0.3, -0.25) is 0 Å². The van der Waals surface area contributed by atoms with Crippen LogP contribution >= 0.6 is 0 Å². The van der Waals surface area contributed by atoms with E-state index in [1.807, 2.05) is 6.08 Å². The van der Waals surface area contributed by atoms with E-state index in [0.29, 0.717) is 44.1 Å². The average Bonchev–Trinajstić information content (AvgIpc) is 2.90. The number of hydrogen-bond acceptors (Lipinski definition) is 4. The van der Waals surface area contributed by atoms with Gasteiger partial charge in [-0.05, 0) is 80.5 Å². The highest BCUT2D eigenvalue weighted by molar-refractivity contribution is 5.32. The highest BCUT2D eigenvalue weighted by Gasteiger charge is 2.45. The van der Waals surface area contributed by atoms with Crippen molar-refractivity contribution in [2.45, 2.75) is 63.7 Å². The van der Waals surface area contributed by atoms with Crippen LogP contribution in [-0.2, 0) is 22.3 Å². The maximum absolute atomic E-state index is 14.9. The van der Waals surface area contributed by atoms with E-state index >= 15 is 0 Å². The summed E-state index contributed by atoms with van der Waals surface area (Å²) in [5, 5.41) is 0. The van der Waals surface area contributed by atoms with E-state index in [4.69, 9.17) is 18.9 Å². The van der Waals surface area contributed by atoms with Gasteiger partial charge in [-0.15, -0.1) is 6.58 Å². The number of halogens is 7. The molecule has 2 fully saturated rings. The summed E-state index contributed by atoms with van der Waals surface area (Å²) in [6.07, 6.45) is -3.69. The summed E-state index contributed by atoms with van der Waals surface area (Å²) in [7, 11) is 0. The Morgan fingerprint density at radius 3 is 2.00 bits per heavy atom. The third-order valence-electron chi connectivity index (χ3n) is 7.27. The normalized spacial score (nSPS) is 24.0. The van der Waals surface area contributed by atoms with Crippen LogP contribution in [-0.4, -0.2) is 25.6 Å². The fourth-order valence-corrected chi connectivity index (χ4v) is 5.07. The molecule has 2 aromatic rings. The highest BCUT2D eigenvalue weighted by atomic mass is 19.4. The Labute approximate surface area is 228 Å². The minimum atomic E-state index is -5.17. The zero-order valence-electron chi connectivity index (χ0n) is 21.7. The van der Waals surface area contributed by atoms with Crippen molar-refractivity contribution in [3.05, 3.63) is 71.8 Å². The predicted molar refractivity (Wildman–Crippen MR) is 132 cm³/mol. The molecule has 0 unspecified atom stereocenters. The number of benzene rings is 2. The minimum Gasteiger partial charge on any atom is -0.489 e. The van der Waals surface area contributed by atoms with Gasteiger partial charge in [0.25, 0.3) is 0 Å². The Morgan fingerprint density at radius 1 is 0.875 bits per heavy atom. The fraction of sp³-hybridized carbons (Fsp3) is 0.517. The summed E-state index contributed by atoms with van der Waals surface area (Å²) < 4.78 is 118. The first-order valence-electron chi connectivity index (χ1n) is 13.1. The Kier molecular flexibility index (Phi) is 9.66. The van der Waals surface area contributed by atoms with Gasteiger partial charge in [0.1, 0.15) is 35.3 Å². The number of rotatable bonds is 10. The van der Waals surface area contributed by atoms with E-state index in [-0.39, 0.29) is 42.1 Å². The molecule has 4 rings (SSSR count). The van der Waals surface area contributed by atoms with Crippen LogP contribution in [0.4, 0.5) is 30.7 Å². The lowest BCUT2D eigenvalue weighted by Gasteiger charge is -2.39. The second kappa shape index (κ2) is 12.8. The molecule has 0 aromatic heterocycles. The van der Waals surface area contributed by atoms with Gasteiger partial charge < -0.3 is 18.9 Å². The topological polar surface area (TPSA) is 36.9 Å². The second-order valence-electron chi connectivity index (χ2n) is 10.2. The molecule has 2 aliphatic rings. The zero-order valence-corrected chi connectivity index (χ0v) is 21.7. The van der Waals surface area contributed by atoms with Crippen molar-refractivity contribution in [1.82, 2.24) is 0 Å². The molecule has 1 aliphatic heterocycles. The molecule has 0 atom stereocenters. The summed E-state index contributed by atoms with van der Waals surface area (Å²) >= 11 is 0. The van der Waals surface area contributed by atoms with Crippen molar-refractivity contribution in [3.8, 4) is 11.5 Å². The smallest absolute Gasteiger partial charge is 0.422 e. The monoisotopic (exact) mass is 576 g/mol. The number of ether oxygens (including phenoxy) is 4. The fourth-order valence-electron chi connectivity index (χ4n) is 5.07.